The lowest BCUT2D eigenvalue weighted by Gasteiger charge is -2.31. The highest BCUT2D eigenvalue weighted by atomic mass is 32.2. The molecule has 0 saturated carbocycles. The van der Waals surface area contributed by atoms with Crippen LogP contribution in [0.2, 0.25) is 0 Å². The first-order valence-electron chi connectivity index (χ1n) is 6.80. The second kappa shape index (κ2) is 7.03. The standard InChI is InChI=1S/C12H22N2O5S/c1-3-14(4-2)20(18,19)9-11(15)13-7-5-6-10(8-13)12(16)17/h10H,3-9H2,1-2H3,(H,16,17). The number of piperidine rings is 1. The van der Waals surface area contributed by atoms with Gasteiger partial charge in [0.2, 0.25) is 15.9 Å². The SMILES string of the molecule is CCN(CC)S(=O)(=O)CC(=O)N1CCCC(C(=O)O)C1. The number of nitrogens with zero attached hydrogens (tertiary/aromatic N) is 2. The van der Waals surface area contributed by atoms with Crippen molar-refractivity contribution >= 4 is 21.9 Å². The van der Waals surface area contributed by atoms with Crippen LogP contribution in [0.25, 0.3) is 0 Å². The number of carboxylic acids is 1. The molecule has 20 heavy (non-hydrogen) atoms. The van der Waals surface area contributed by atoms with Crippen molar-refractivity contribution in [2.45, 2.75) is 26.7 Å². The van der Waals surface area contributed by atoms with Gasteiger partial charge in [-0.05, 0) is 12.8 Å². The molecule has 1 amide bonds. The van der Waals surface area contributed by atoms with E-state index in [0.717, 1.165) is 0 Å². The van der Waals surface area contributed by atoms with Gasteiger partial charge in [0.1, 0.15) is 5.75 Å². The summed E-state index contributed by atoms with van der Waals surface area (Å²) in [6.45, 7) is 4.60. The molecule has 1 N–H and O–H groups in total. The Hall–Kier alpha value is -1.15. The average Bonchev–Trinajstić information content (AvgIpc) is 2.39. The lowest BCUT2D eigenvalue weighted by molar-refractivity contribution is -0.145. The minimum Gasteiger partial charge on any atom is -0.481 e. The van der Waals surface area contributed by atoms with E-state index in [0.29, 0.717) is 32.5 Å². The Kier molecular flexibility index (Phi) is 5.94. The van der Waals surface area contributed by atoms with Crippen molar-refractivity contribution in [3.05, 3.63) is 0 Å². The van der Waals surface area contributed by atoms with E-state index in [-0.39, 0.29) is 6.54 Å². The number of carbonyl (C=O) groups excluding carboxylic acids is 1. The second-order valence-corrected chi connectivity index (χ2v) is 6.83. The van der Waals surface area contributed by atoms with Crippen LogP contribution in [0, 0.1) is 5.92 Å². The van der Waals surface area contributed by atoms with Crippen LogP contribution in [-0.4, -0.2) is 66.5 Å². The van der Waals surface area contributed by atoms with Crippen LogP contribution in [0.15, 0.2) is 0 Å². The molecule has 1 unspecified atom stereocenters. The van der Waals surface area contributed by atoms with Crippen molar-refractivity contribution in [3.8, 4) is 0 Å². The molecule has 1 saturated heterocycles. The van der Waals surface area contributed by atoms with Crippen LogP contribution in [0.4, 0.5) is 0 Å². The van der Waals surface area contributed by atoms with Gasteiger partial charge in [0, 0.05) is 26.2 Å². The highest BCUT2D eigenvalue weighted by molar-refractivity contribution is 7.89. The van der Waals surface area contributed by atoms with Gasteiger partial charge in [-0.15, -0.1) is 0 Å². The Morgan fingerprint density at radius 3 is 2.40 bits per heavy atom. The highest BCUT2D eigenvalue weighted by Gasteiger charge is 2.31. The number of carbonyl (C=O) groups is 2. The number of aliphatic carboxylic acids is 1. The normalized spacial score (nSPS) is 20.1. The fourth-order valence-electron chi connectivity index (χ4n) is 2.36. The first-order chi connectivity index (χ1) is 9.31. The minimum atomic E-state index is -3.61. The molecule has 1 atom stereocenters. The molecule has 1 aliphatic heterocycles. The van der Waals surface area contributed by atoms with Gasteiger partial charge in [0.25, 0.3) is 0 Å². The molecule has 116 valence electrons. The van der Waals surface area contributed by atoms with Crippen molar-refractivity contribution in [2.24, 2.45) is 5.92 Å². The topological polar surface area (TPSA) is 95.0 Å². The summed E-state index contributed by atoms with van der Waals surface area (Å²) < 4.78 is 25.3. The zero-order valence-electron chi connectivity index (χ0n) is 11.9. The molecular formula is C12H22N2O5S. The summed E-state index contributed by atoms with van der Waals surface area (Å²) in [5, 5.41) is 8.97. The lowest BCUT2D eigenvalue weighted by atomic mass is 9.98. The van der Waals surface area contributed by atoms with Gasteiger partial charge < -0.3 is 10.0 Å². The summed E-state index contributed by atoms with van der Waals surface area (Å²) in [5.74, 6) is -2.62. The maximum atomic E-state index is 12.0. The Morgan fingerprint density at radius 1 is 1.30 bits per heavy atom. The molecule has 8 heteroatoms. The molecule has 0 aliphatic carbocycles. The van der Waals surface area contributed by atoms with Gasteiger partial charge in [-0.25, -0.2) is 12.7 Å². The zero-order chi connectivity index (χ0) is 15.3. The van der Waals surface area contributed by atoms with Gasteiger partial charge in [-0.2, -0.15) is 0 Å². The molecule has 0 aromatic carbocycles. The Bertz CT molecular complexity index is 458. The molecule has 7 nitrogen and oxygen atoms in total. The molecule has 1 heterocycles. The molecule has 0 radical (unpaired) electrons. The molecular weight excluding hydrogens is 284 g/mol. The summed E-state index contributed by atoms with van der Waals surface area (Å²) in [6.07, 6.45) is 1.12. The smallest absolute Gasteiger partial charge is 0.308 e. The van der Waals surface area contributed by atoms with E-state index in [4.69, 9.17) is 5.11 Å². The van der Waals surface area contributed by atoms with Gasteiger partial charge >= 0.3 is 5.97 Å². The maximum absolute atomic E-state index is 12.0. The van der Waals surface area contributed by atoms with Crippen molar-refractivity contribution in [2.75, 3.05) is 31.9 Å². The monoisotopic (exact) mass is 306 g/mol. The third-order valence-corrected chi connectivity index (χ3v) is 5.44. The number of rotatable bonds is 6. The number of likely N-dealkylation sites (tertiary alicyclic amines) is 1. The number of amides is 1. The number of sulfonamides is 1. The van der Waals surface area contributed by atoms with Gasteiger partial charge in [-0.3, -0.25) is 9.59 Å². The Labute approximate surface area is 119 Å². The first kappa shape index (κ1) is 16.9. The third kappa shape index (κ3) is 4.17. The van der Waals surface area contributed by atoms with Crippen molar-refractivity contribution < 1.29 is 23.1 Å². The van der Waals surface area contributed by atoms with Crippen LogP contribution in [-0.2, 0) is 19.6 Å². The Balaban J connectivity index is 2.69. The fourth-order valence-corrected chi connectivity index (χ4v) is 3.82. The number of hydrogen-bond acceptors (Lipinski definition) is 4. The number of carboxylic acid groups (broad SMARTS) is 1. The molecule has 1 rings (SSSR count). The Morgan fingerprint density at radius 2 is 1.90 bits per heavy atom. The van der Waals surface area contributed by atoms with E-state index in [1.54, 1.807) is 13.8 Å². The zero-order valence-corrected chi connectivity index (χ0v) is 12.7. The predicted molar refractivity (Wildman–Crippen MR) is 73.6 cm³/mol. The summed E-state index contributed by atoms with van der Waals surface area (Å²) in [6, 6.07) is 0. The van der Waals surface area contributed by atoms with Crippen molar-refractivity contribution in [3.63, 3.8) is 0 Å². The van der Waals surface area contributed by atoms with E-state index in [1.165, 1.54) is 9.21 Å². The van der Waals surface area contributed by atoms with Crippen LogP contribution < -0.4 is 0 Å². The molecule has 0 spiro atoms. The summed E-state index contributed by atoms with van der Waals surface area (Å²) in [7, 11) is -3.61. The third-order valence-electron chi connectivity index (χ3n) is 3.53. The highest BCUT2D eigenvalue weighted by Crippen LogP contribution is 2.17. The molecule has 0 aromatic heterocycles. The van der Waals surface area contributed by atoms with Crippen LogP contribution >= 0.6 is 0 Å². The average molecular weight is 306 g/mol. The van der Waals surface area contributed by atoms with Gasteiger partial charge in [-0.1, -0.05) is 13.8 Å². The van der Waals surface area contributed by atoms with Crippen LogP contribution in [0.1, 0.15) is 26.7 Å². The summed E-state index contributed by atoms with van der Waals surface area (Å²) >= 11 is 0. The molecule has 0 bridgehead atoms. The van der Waals surface area contributed by atoms with E-state index < -0.39 is 33.6 Å². The van der Waals surface area contributed by atoms with Crippen molar-refractivity contribution in [1.29, 1.82) is 0 Å². The fraction of sp³-hybridized carbons (Fsp3) is 0.833. The summed E-state index contributed by atoms with van der Waals surface area (Å²) in [5.41, 5.74) is 0. The molecule has 1 fully saturated rings. The van der Waals surface area contributed by atoms with E-state index in [1.807, 2.05) is 0 Å². The largest absolute Gasteiger partial charge is 0.481 e. The second-order valence-electron chi connectivity index (χ2n) is 4.86. The maximum Gasteiger partial charge on any atom is 0.308 e. The lowest BCUT2D eigenvalue weighted by Crippen LogP contribution is -2.46. The van der Waals surface area contributed by atoms with Crippen molar-refractivity contribution in [1.82, 2.24) is 9.21 Å². The molecule has 1 aliphatic rings. The van der Waals surface area contributed by atoms with Crippen LogP contribution in [0.3, 0.4) is 0 Å². The molecule has 0 aromatic rings. The van der Waals surface area contributed by atoms with E-state index in [9.17, 15) is 18.0 Å². The van der Waals surface area contributed by atoms with E-state index in [2.05, 4.69) is 0 Å². The van der Waals surface area contributed by atoms with Gasteiger partial charge in [0.05, 0.1) is 5.92 Å². The minimum absolute atomic E-state index is 0.0991. The summed E-state index contributed by atoms with van der Waals surface area (Å²) in [4.78, 5) is 24.3. The van der Waals surface area contributed by atoms with Gasteiger partial charge in [0.15, 0.2) is 0 Å². The first-order valence-corrected chi connectivity index (χ1v) is 8.41. The predicted octanol–water partition coefficient (Wildman–Crippen LogP) is -0.0188. The number of hydrogen-bond donors (Lipinski definition) is 1. The van der Waals surface area contributed by atoms with E-state index >= 15 is 0 Å². The quantitative estimate of drug-likeness (QED) is 0.744. The van der Waals surface area contributed by atoms with Crippen LogP contribution in [0.5, 0.6) is 0 Å².